The van der Waals surface area contributed by atoms with E-state index in [1.165, 1.54) is 18.7 Å². The molecule has 2 aromatic carbocycles. The molecule has 1 aromatic heterocycles. The third kappa shape index (κ3) is 4.15. The molecule has 1 heterocycles. The van der Waals surface area contributed by atoms with Crippen LogP contribution >= 0.6 is 11.8 Å². The number of anilines is 1. The maximum atomic E-state index is 12.2. The van der Waals surface area contributed by atoms with Crippen LogP contribution in [0.4, 0.5) is 5.69 Å². The quantitative estimate of drug-likeness (QED) is 0.532. The molecule has 3 aromatic rings. The predicted molar refractivity (Wildman–Crippen MR) is 99.7 cm³/mol. The molecule has 0 saturated carbocycles. The summed E-state index contributed by atoms with van der Waals surface area (Å²) in [6.07, 6.45) is 0. The Labute approximate surface area is 154 Å². The number of rotatable bonds is 6. The molecule has 3 rings (SSSR count). The number of aromatic nitrogens is 4. The number of nitrogens with one attached hydrogen (secondary N) is 1. The van der Waals surface area contributed by atoms with Crippen LogP contribution in [-0.4, -0.2) is 37.7 Å². The number of ketones is 1. The van der Waals surface area contributed by atoms with Gasteiger partial charge in [-0.05, 0) is 48.0 Å². The molecule has 1 N–H and O–H groups in total. The average molecular weight is 367 g/mol. The van der Waals surface area contributed by atoms with Crippen LogP contribution in [0.25, 0.3) is 5.69 Å². The molecule has 7 nitrogen and oxygen atoms in total. The van der Waals surface area contributed by atoms with E-state index < -0.39 is 0 Å². The number of carbonyl (C=O) groups excluding carboxylic acids is 2. The lowest BCUT2D eigenvalue weighted by atomic mass is 10.1. The van der Waals surface area contributed by atoms with E-state index in [-0.39, 0.29) is 17.4 Å². The summed E-state index contributed by atoms with van der Waals surface area (Å²) in [5.74, 6) is -0.0979. The molecule has 0 fully saturated rings. The topological polar surface area (TPSA) is 89.8 Å². The first-order chi connectivity index (χ1) is 12.5. The number of para-hydroxylation sites is 1. The summed E-state index contributed by atoms with van der Waals surface area (Å²) in [7, 11) is 0. The molecule has 1 amide bonds. The summed E-state index contributed by atoms with van der Waals surface area (Å²) >= 11 is 1.24. The van der Waals surface area contributed by atoms with Crippen LogP contribution in [0.2, 0.25) is 0 Å². The van der Waals surface area contributed by atoms with Crippen LogP contribution in [0.1, 0.15) is 22.8 Å². The Bertz CT molecular complexity index is 954. The monoisotopic (exact) mass is 367 g/mol. The van der Waals surface area contributed by atoms with Crippen molar-refractivity contribution in [3.63, 3.8) is 0 Å². The number of benzene rings is 2. The zero-order valence-corrected chi connectivity index (χ0v) is 15.2. The summed E-state index contributed by atoms with van der Waals surface area (Å²) in [5.41, 5.74) is 3.04. The number of hydrogen-bond donors (Lipinski definition) is 1. The van der Waals surface area contributed by atoms with E-state index in [0.29, 0.717) is 16.4 Å². The lowest BCUT2D eigenvalue weighted by Crippen LogP contribution is -2.15. The molecule has 132 valence electrons. The second-order valence-corrected chi connectivity index (χ2v) is 6.58. The van der Waals surface area contributed by atoms with E-state index in [4.69, 9.17) is 0 Å². The van der Waals surface area contributed by atoms with Crippen molar-refractivity contribution in [2.75, 3.05) is 11.1 Å². The zero-order chi connectivity index (χ0) is 18.5. The smallest absolute Gasteiger partial charge is 0.234 e. The average Bonchev–Trinajstić information content (AvgIpc) is 3.09. The Kier molecular flexibility index (Phi) is 5.43. The van der Waals surface area contributed by atoms with E-state index in [1.807, 2.05) is 31.2 Å². The number of nitrogens with zero attached hydrogens (tertiary/aromatic N) is 4. The van der Waals surface area contributed by atoms with Crippen LogP contribution in [0.3, 0.4) is 0 Å². The summed E-state index contributed by atoms with van der Waals surface area (Å²) in [4.78, 5) is 23.6. The summed E-state index contributed by atoms with van der Waals surface area (Å²) in [5, 5.41) is 15.0. The number of aryl methyl sites for hydroxylation is 1. The first-order valence-corrected chi connectivity index (χ1v) is 8.91. The number of amides is 1. The highest BCUT2D eigenvalue weighted by molar-refractivity contribution is 7.99. The third-order valence-electron chi connectivity index (χ3n) is 3.67. The van der Waals surface area contributed by atoms with Gasteiger partial charge >= 0.3 is 0 Å². The van der Waals surface area contributed by atoms with Crippen LogP contribution in [0.5, 0.6) is 0 Å². The molecular formula is C18H17N5O2S. The van der Waals surface area contributed by atoms with E-state index >= 15 is 0 Å². The van der Waals surface area contributed by atoms with Gasteiger partial charge in [0.05, 0.1) is 11.4 Å². The van der Waals surface area contributed by atoms with E-state index in [0.717, 1.165) is 11.3 Å². The van der Waals surface area contributed by atoms with Crippen LogP contribution < -0.4 is 5.32 Å². The van der Waals surface area contributed by atoms with Gasteiger partial charge in [-0.2, -0.15) is 4.68 Å². The zero-order valence-electron chi connectivity index (χ0n) is 14.3. The Morgan fingerprint density at radius 3 is 2.73 bits per heavy atom. The molecule has 0 saturated heterocycles. The highest BCUT2D eigenvalue weighted by Crippen LogP contribution is 2.20. The van der Waals surface area contributed by atoms with Gasteiger partial charge in [0.15, 0.2) is 5.78 Å². The SMILES string of the molecule is CC(=O)c1cccc(NC(=O)CSc2nnnn2-c2ccccc2C)c1. The van der Waals surface area contributed by atoms with Crippen molar-refractivity contribution in [2.45, 2.75) is 19.0 Å². The van der Waals surface area contributed by atoms with Crippen molar-refractivity contribution in [2.24, 2.45) is 0 Å². The minimum absolute atomic E-state index is 0.0483. The molecule has 0 bridgehead atoms. The number of tetrazole rings is 1. The summed E-state index contributed by atoms with van der Waals surface area (Å²) in [6, 6.07) is 14.6. The predicted octanol–water partition coefficient (Wildman–Crippen LogP) is 2.90. The molecule has 0 unspecified atom stereocenters. The van der Waals surface area contributed by atoms with Crippen molar-refractivity contribution in [1.29, 1.82) is 0 Å². The molecular weight excluding hydrogens is 350 g/mol. The molecule has 0 aliphatic rings. The third-order valence-corrected chi connectivity index (χ3v) is 4.59. The number of carbonyl (C=O) groups is 2. The normalized spacial score (nSPS) is 10.5. The van der Waals surface area contributed by atoms with Gasteiger partial charge < -0.3 is 5.32 Å². The van der Waals surface area contributed by atoms with Crippen LogP contribution in [0.15, 0.2) is 53.7 Å². The molecule has 0 aliphatic carbocycles. The van der Waals surface area contributed by atoms with Crippen molar-refractivity contribution in [3.8, 4) is 5.69 Å². The van der Waals surface area contributed by atoms with Gasteiger partial charge in [0.2, 0.25) is 11.1 Å². The minimum Gasteiger partial charge on any atom is -0.325 e. The summed E-state index contributed by atoms with van der Waals surface area (Å²) in [6.45, 7) is 3.46. The van der Waals surface area contributed by atoms with Gasteiger partial charge in [-0.1, -0.05) is 42.1 Å². The van der Waals surface area contributed by atoms with Gasteiger partial charge in [-0.3, -0.25) is 9.59 Å². The largest absolute Gasteiger partial charge is 0.325 e. The fourth-order valence-electron chi connectivity index (χ4n) is 2.36. The van der Waals surface area contributed by atoms with Crippen LogP contribution in [0, 0.1) is 6.92 Å². The van der Waals surface area contributed by atoms with Crippen molar-refractivity contribution in [3.05, 3.63) is 59.7 Å². The standard InChI is InChI=1S/C18H17N5O2S/c1-12-6-3-4-9-16(12)23-18(20-21-22-23)26-11-17(25)19-15-8-5-7-14(10-15)13(2)24/h3-10H,11H2,1-2H3,(H,19,25). The molecule has 0 spiro atoms. The van der Waals surface area contributed by atoms with Gasteiger partial charge in [-0.15, -0.1) is 5.10 Å². The van der Waals surface area contributed by atoms with Gasteiger partial charge in [0, 0.05) is 11.3 Å². The van der Waals surface area contributed by atoms with Gasteiger partial charge in [0.1, 0.15) is 0 Å². The Morgan fingerprint density at radius 1 is 1.15 bits per heavy atom. The lowest BCUT2D eigenvalue weighted by molar-refractivity contribution is -0.113. The van der Waals surface area contributed by atoms with E-state index in [9.17, 15) is 9.59 Å². The lowest BCUT2D eigenvalue weighted by Gasteiger charge is -2.08. The maximum Gasteiger partial charge on any atom is 0.234 e. The second kappa shape index (κ2) is 7.92. The van der Waals surface area contributed by atoms with Gasteiger partial charge in [0.25, 0.3) is 0 Å². The minimum atomic E-state index is -0.199. The first-order valence-electron chi connectivity index (χ1n) is 7.92. The molecule has 8 heteroatoms. The van der Waals surface area contributed by atoms with Crippen molar-refractivity contribution >= 4 is 29.1 Å². The Morgan fingerprint density at radius 2 is 1.96 bits per heavy atom. The number of thioether (sulfide) groups is 1. The second-order valence-electron chi connectivity index (χ2n) is 5.63. The fraction of sp³-hybridized carbons (Fsp3) is 0.167. The van der Waals surface area contributed by atoms with Gasteiger partial charge in [-0.25, -0.2) is 0 Å². The number of hydrogen-bond acceptors (Lipinski definition) is 6. The maximum absolute atomic E-state index is 12.2. The molecule has 0 atom stereocenters. The van der Waals surface area contributed by atoms with Crippen molar-refractivity contribution < 1.29 is 9.59 Å². The van der Waals surface area contributed by atoms with E-state index in [1.54, 1.807) is 28.9 Å². The number of Topliss-reactive ketones (excluding diaryl/α,β-unsaturated/α-hetero) is 1. The van der Waals surface area contributed by atoms with Crippen molar-refractivity contribution in [1.82, 2.24) is 20.2 Å². The van der Waals surface area contributed by atoms with Crippen LogP contribution in [-0.2, 0) is 4.79 Å². The molecule has 0 aliphatic heterocycles. The summed E-state index contributed by atoms with van der Waals surface area (Å²) < 4.78 is 1.61. The Balaban J connectivity index is 1.66. The fourth-order valence-corrected chi connectivity index (χ4v) is 3.05. The highest BCUT2D eigenvalue weighted by Gasteiger charge is 2.13. The first kappa shape index (κ1) is 17.8. The Hall–Kier alpha value is -3.00. The highest BCUT2D eigenvalue weighted by atomic mass is 32.2. The molecule has 26 heavy (non-hydrogen) atoms. The van der Waals surface area contributed by atoms with E-state index in [2.05, 4.69) is 20.8 Å². The molecule has 0 radical (unpaired) electrons.